The molecule has 0 N–H and O–H groups in total. The van der Waals surface area contributed by atoms with Crippen LogP contribution in [0.3, 0.4) is 0 Å². The van der Waals surface area contributed by atoms with Crippen LogP contribution in [0.25, 0.3) is 0 Å². The molecule has 1 aromatic rings. The minimum Gasteiger partial charge on any atom is -0.497 e. The van der Waals surface area contributed by atoms with Crippen molar-refractivity contribution in [3.63, 3.8) is 0 Å². The second-order valence-corrected chi connectivity index (χ2v) is 4.52. The van der Waals surface area contributed by atoms with Crippen molar-refractivity contribution < 1.29 is 27.8 Å². The molecule has 0 saturated carbocycles. The van der Waals surface area contributed by atoms with Crippen molar-refractivity contribution in [2.45, 2.75) is 13.3 Å². The minimum atomic E-state index is -3.31. The zero-order chi connectivity index (χ0) is 18.1. The molecule has 0 aliphatic heterocycles. The molecule has 24 heavy (non-hydrogen) atoms. The summed E-state index contributed by atoms with van der Waals surface area (Å²) >= 11 is 0. The fourth-order valence-electron chi connectivity index (χ4n) is 1.61. The zero-order valence-electron chi connectivity index (χ0n) is 13.5. The summed E-state index contributed by atoms with van der Waals surface area (Å²) in [6, 6.07) is 6.91. The van der Waals surface area contributed by atoms with Gasteiger partial charge in [-0.05, 0) is 36.8 Å². The summed E-state index contributed by atoms with van der Waals surface area (Å²) in [7, 11) is 2.94. The van der Waals surface area contributed by atoms with Crippen molar-refractivity contribution in [3.8, 4) is 5.75 Å². The van der Waals surface area contributed by atoms with Gasteiger partial charge in [-0.25, -0.2) is 13.6 Å². The molecule has 0 aromatic heterocycles. The van der Waals surface area contributed by atoms with Crippen LogP contribution < -0.4 is 4.74 Å². The van der Waals surface area contributed by atoms with Crippen molar-refractivity contribution >= 4 is 18.0 Å². The maximum Gasteiger partial charge on any atom is 0.343 e. The molecule has 1 aromatic carbocycles. The van der Waals surface area contributed by atoms with Crippen molar-refractivity contribution in [2.24, 2.45) is 5.10 Å². The number of ether oxygens (including phenoxy) is 2. The van der Waals surface area contributed by atoms with Gasteiger partial charge in [0.25, 0.3) is 0 Å². The van der Waals surface area contributed by atoms with E-state index in [2.05, 4.69) is 9.84 Å². The molecule has 0 spiro atoms. The highest BCUT2D eigenvalue weighted by atomic mass is 19.3. The fraction of sp³-hybridized carbons (Fsp3) is 0.312. The highest BCUT2D eigenvalue weighted by molar-refractivity contribution is 6.18. The zero-order valence-corrected chi connectivity index (χ0v) is 13.5. The molecular formula is C16H18F2N2O4. The van der Waals surface area contributed by atoms with E-state index >= 15 is 0 Å². The number of ketones is 1. The quantitative estimate of drug-likeness (QED) is 0.181. The molecular weight excluding hydrogens is 322 g/mol. The first kappa shape index (κ1) is 19.3. The maximum absolute atomic E-state index is 12.6. The monoisotopic (exact) mass is 340 g/mol. The van der Waals surface area contributed by atoms with Crippen molar-refractivity contribution in [2.75, 3.05) is 20.8 Å². The first-order chi connectivity index (χ1) is 11.4. The van der Waals surface area contributed by atoms with E-state index in [1.165, 1.54) is 20.2 Å². The van der Waals surface area contributed by atoms with Gasteiger partial charge in [-0.2, -0.15) is 5.10 Å². The average Bonchev–Trinajstić information content (AvgIpc) is 2.57. The molecule has 0 radical (unpaired) electrons. The van der Waals surface area contributed by atoms with Crippen LogP contribution in [-0.4, -0.2) is 50.2 Å². The van der Waals surface area contributed by atoms with Crippen molar-refractivity contribution in [3.05, 3.63) is 41.6 Å². The molecule has 0 atom stereocenters. The Labute approximate surface area is 138 Å². The summed E-state index contributed by atoms with van der Waals surface area (Å²) in [4.78, 5) is 23.1. The third-order valence-corrected chi connectivity index (χ3v) is 2.78. The van der Waals surface area contributed by atoms with Gasteiger partial charge in [-0.1, -0.05) is 0 Å². The lowest BCUT2D eigenvalue weighted by Gasteiger charge is -2.10. The Balaban J connectivity index is 2.92. The van der Waals surface area contributed by atoms with E-state index in [4.69, 9.17) is 4.74 Å². The lowest BCUT2D eigenvalue weighted by atomic mass is 10.2. The second kappa shape index (κ2) is 9.39. The van der Waals surface area contributed by atoms with Crippen LogP contribution in [0.15, 0.2) is 41.1 Å². The molecule has 0 aliphatic rings. The molecule has 130 valence electrons. The summed E-state index contributed by atoms with van der Waals surface area (Å²) < 4.78 is 34.8. The molecule has 0 amide bonds. The number of methoxy groups -OCH3 is 1. The highest BCUT2D eigenvalue weighted by Crippen LogP contribution is 2.11. The van der Waals surface area contributed by atoms with Crippen LogP contribution in [0, 0.1) is 0 Å². The van der Waals surface area contributed by atoms with E-state index in [-0.39, 0.29) is 6.61 Å². The maximum atomic E-state index is 12.6. The van der Waals surface area contributed by atoms with Crippen molar-refractivity contribution in [1.29, 1.82) is 0 Å². The van der Waals surface area contributed by atoms with Gasteiger partial charge in [-0.15, -0.1) is 0 Å². The third kappa shape index (κ3) is 5.79. The number of carbonyl (C=O) groups is 2. The molecule has 6 nitrogen and oxygen atoms in total. The Bertz CT molecular complexity index is 627. The summed E-state index contributed by atoms with van der Waals surface area (Å²) in [5.41, 5.74) is -0.0462. The number of Topliss-reactive ketones (excluding diaryl/α,β-unsaturated/α-hetero) is 1. The van der Waals surface area contributed by atoms with E-state index in [0.717, 1.165) is 11.2 Å². The summed E-state index contributed by atoms with van der Waals surface area (Å²) in [5.74, 6) is -2.05. The molecule has 0 fully saturated rings. The highest BCUT2D eigenvalue weighted by Gasteiger charge is 2.27. The van der Waals surface area contributed by atoms with Gasteiger partial charge in [-0.3, -0.25) is 9.80 Å². The topological polar surface area (TPSA) is 68.2 Å². The number of benzene rings is 1. The number of hydrazone groups is 1. The molecule has 0 unspecified atom stereocenters. The Kier molecular flexibility index (Phi) is 7.54. The normalized spacial score (nSPS) is 11.7. The standard InChI is InChI=1S/C16H18F2N2O4/c1-4-24-16(22)13(14(21)15(17)18)10-20(2)19-9-11-5-7-12(23-3)8-6-11/h5-10,15H,4H2,1-3H3. The van der Waals surface area contributed by atoms with E-state index in [1.807, 2.05) is 0 Å². The number of hydrogen-bond acceptors (Lipinski definition) is 6. The Morgan fingerprint density at radius 3 is 2.42 bits per heavy atom. The lowest BCUT2D eigenvalue weighted by Crippen LogP contribution is -2.23. The first-order valence-electron chi connectivity index (χ1n) is 7.01. The molecule has 0 heterocycles. The van der Waals surface area contributed by atoms with Crippen LogP contribution in [-0.2, 0) is 14.3 Å². The average molecular weight is 340 g/mol. The van der Waals surface area contributed by atoms with Gasteiger partial charge in [0.15, 0.2) is 0 Å². The number of esters is 1. The van der Waals surface area contributed by atoms with E-state index < -0.39 is 23.8 Å². The SMILES string of the molecule is CCOC(=O)C(=CN(C)N=Cc1ccc(OC)cc1)C(=O)C(F)F. The van der Waals surface area contributed by atoms with Gasteiger partial charge in [0.05, 0.1) is 19.9 Å². The van der Waals surface area contributed by atoms with E-state index in [1.54, 1.807) is 31.4 Å². The predicted octanol–water partition coefficient (Wildman–Crippen LogP) is 2.24. The lowest BCUT2D eigenvalue weighted by molar-refractivity contribution is -0.141. The number of halogens is 2. The Morgan fingerprint density at radius 2 is 1.92 bits per heavy atom. The van der Waals surface area contributed by atoms with Gasteiger partial charge >= 0.3 is 12.4 Å². The number of hydrogen-bond donors (Lipinski definition) is 0. The van der Waals surface area contributed by atoms with Crippen LogP contribution in [0.2, 0.25) is 0 Å². The summed E-state index contributed by atoms with van der Waals surface area (Å²) in [6.45, 7) is 1.47. The summed E-state index contributed by atoms with van der Waals surface area (Å²) in [5, 5.41) is 5.04. The van der Waals surface area contributed by atoms with Gasteiger partial charge in [0, 0.05) is 13.2 Å². The molecule has 0 aliphatic carbocycles. The largest absolute Gasteiger partial charge is 0.497 e. The fourth-order valence-corrected chi connectivity index (χ4v) is 1.61. The smallest absolute Gasteiger partial charge is 0.343 e. The number of rotatable bonds is 8. The van der Waals surface area contributed by atoms with E-state index in [9.17, 15) is 18.4 Å². The predicted molar refractivity (Wildman–Crippen MR) is 84.1 cm³/mol. The van der Waals surface area contributed by atoms with Gasteiger partial charge in [0.1, 0.15) is 11.3 Å². The summed E-state index contributed by atoms with van der Waals surface area (Å²) in [6.07, 6.45) is -0.961. The Morgan fingerprint density at radius 1 is 1.29 bits per heavy atom. The van der Waals surface area contributed by atoms with Crippen LogP contribution >= 0.6 is 0 Å². The second-order valence-electron chi connectivity index (χ2n) is 4.52. The molecule has 0 saturated heterocycles. The third-order valence-electron chi connectivity index (χ3n) is 2.78. The van der Waals surface area contributed by atoms with Crippen LogP contribution in [0.1, 0.15) is 12.5 Å². The van der Waals surface area contributed by atoms with Gasteiger partial charge < -0.3 is 9.47 Å². The van der Waals surface area contributed by atoms with Gasteiger partial charge in [0.2, 0.25) is 5.78 Å². The first-order valence-corrected chi connectivity index (χ1v) is 7.01. The number of nitrogens with zero attached hydrogens (tertiary/aromatic N) is 2. The number of carbonyl (C=O) groups excluding carboxylic acids is 2. The van der Waals surface area contributed by atoms with Crippen molar-refractivity contribution in [1.82, 2.24) is 5.01 Å². The molecule has 1 rings (SSSR count). The van der Waals surface area contributed by atoms with Crippen LogP contribution in [0.4, 0.5) is 8.78 Å². The van der Waals surface area contributed by atoms with E-state index in [0.29, 0.717) is 11.3 Å². The van der Waals surface area contributed by atoms with Crippen LogP contribution in [0.5, 0.6) is 5.75 Å². The Hall–Kier alpha value is -2.77. The molecule has 0 bridgehead atoms. The number of alkyl halides is 2. The minimum absolute atomic E-state index is 0.0362. The molecule has 8 heteroatoms.